The largest absolute Gasteiger partial charge is 0.465 e. The van der Waals surface area contributed by atoms with Crippen LogP contribution in [0, 0.1) is 52.8 Å². The van der Waals surface area contributed by atoms with Crippen LogP contribution in [0.2, 0.25) is 0 Å². The summed E-state index contributed by atoms with van der Waals surface area (Å²) in [5.41, 5.74) is 7.84. The van der Waals surface area contributed by atoms with Crippen LogP contribution in [0.1, 0.15) is 159 Å². The highest BCUT2D eigenvalue weighted by Crippen LogP contribution is 2.46. The van der Waals surface area contributed by atoms with Gasteiger partial charge < -0.3 is 28.4 Å². The highest BCUT2D eigenvalue weighted by atomic mass is 16.6. The Kier molecular flexibility index (Phi) is 30.4. The molecule has 0 aromatic heterocycles. The Morgan fingerprint density at radius 2 is 0.931 bits per heavy atom. The first-order chi connectivity index (χ1) is 42.1. The van der Waals surface area contributed by atoms with Crippen molar-refractivity contribution in [1.82, 2.24) is 0 Å². The fourth-order valence-electron chi connectivity index (χ4n) is 10.7. The number of rotatable bonds is 24. The third-order valence-corrected chi connectivity index (χ3v) is 15.1. The number of terminal acetylenes is 2. The maximum absolute atomic E-state index is 12.9. The van der Waals surface area contributed by atoms with Gasteiger partial charge in [0.2, 0.25) is 0 Å². The second-order valence-corrected chi connectivity index (χ2v) is 21.3. The highest BCUT2D eigenvalue weighted by molar-refractivity contribution is 6.03. The van der Waals surface area contributed by atoms with Crippen LogP contribution in [0.5, 0.6) is 0 Å². The van der Waals surface area contributed by atoms with E-state index in [0.29, 0.717) is 25.7 Å². The third-order valence-electron chi connectivity index (χ3n) is 15.1. The van der Waals surface area contributed by atoms with Crippen molar-refractivity contribution in [3.8, 4) is 58.8 Å². The molecule has 0 N–H and O–H groups in total. The standard InChI is InChI=1S/2C25H30O4.C19H20O4.C6H10/c1-4-7-11-18-14-20-16-25(23(26)28-5-2,24(27)29-6-3)17-22(20)21(15-18)19-12-9-8-10-13-19;1-4-7-11-19-14-15-20-16-25(23(26)28-5-2,24(27)29-6-3)17-21(20)22(19)18-12-9-8-10-13-18;1-4-14-19(17(20)22-5-2,18(21)23-6-3)15-10-13-16-11-8-7-9-12-16;1-3-5-6-4-2/h2*8-10,12-15H,4-7,11,16-17H2,1-3H3;1,7-9,11-12H,5-6,14-15H2,2-3H3;1H,4-6H2,2H3. The molecule has 5 aromatic rings. The van der Waals surface area contributed by atoms with Gasteiger partial charge in [-0.1, -0.05) is 155 Å². The number of benzene rings is 5. The summed E-state index contributed by atoms with van der Waals surface area (Å²) in [7, 11) is 0. The molecule has 0 saturated heterocycles. The molecule has 0 bridgehead atoms. The van der Waals surface area contributed by atoms with Gasteiger partial charge in [-0.25, -0.2) is 0 Å². The number of hydrogen-bond donors (Lipinski definition) is 0. The van der Waals surface area contributed by atoms with Gasteiger partial charge in [0.1, 0.15) is 0 Å². The molecule has 0 unspecified atom stereocenters. The van der Waals surface area contributed by atoms with Crippen LogP contribution in [-0.2, 0) is 95.7 Å². The van der Waals surface area contributed by atoms with Gasteiger partial charge in [0.25, 0.3) is 0 Å². The van der Waals surface area contributed by atoms with Crippen molar-refractivity contribution in [3.63, 3.8) is 0 Å². The van der Waals surface area contributed by atoms with Crippen molar-refractivity contribution in [2.24, 2.45) is 16.2 Å². The van der Waals surface area contributed by atoms with E-state index in [4.69, 9.17) is 41.3 Å². The molecule has 5 aromatic carbocycles. The first-order valence-electron chi connectivity index (χ1n) is 31.0. The molecular weight excluding hydrogens is 1090 g/mol. The van der Waals surface area contributed by atoms with E-state index in [2.05, 4.69) is 93.0 Å². The average molecular weight is 1180 g/mol. The fraction of sp³-hybridized carbons (Fsp3) is 0.440. The number of esters is 6. The van der Waals surface area contributed by atoms with Crippen molar-refractivity contribution in [2.45, 2.75) is 159 Å². The predicted octanol–water partition coefficient (Wildman–Crippen LogP) is 14.2. The SMILES string of the molecule is C#CCC(CC#Cc1ccccc1)(C(=O)OCC)C(=O)OCC.C#CCCCC.CCCCc1cc2c(c(-c3ccccc3)c1)CC(C(=O)OCC)(C(=O)OCC)C2.CCCCc1ccc2c(c1-c1ccccc1)CC(C(=O)OCC)(C(=O)OCC)C2. The zero-order valence-corrected chi connectivity index (χ0v) is 52.9. The topological polar surface area (TPSA) is 158 Å². The van der Waals surface area contributed by atoms with Gasteiger partial charge in [0, 0.05) is 37.7 Å². The number of aryl methyl sites for hydroxylation is 2. The normalized spacial score (nSPS) is 12.7. The van der Waals surface area contributed by atoms with Crippen molar-refractivity contribution in [1.29, 1.82) is 0 Å². The minimum atomic E-state index is -1.58. The van der Waals surface area contributed by atoms with Crippen molar-refractivity contribution in [3.05, 3.63) is 154 Å². The van der Waals surface area contributed by atoms with Crippen LogP contribution < -0.4 is 0 Å². The number of fused-ring (bicyclic) bond motifs is 2. The summed E-state index contributed by atoms with van der Waals surface area (Å²) < 4.78 is 31.4. The molecule has 2 aliphatic rings. The number of hydrogen-bond acceptors (Lipinski definition) is 12. The van der Waals surface area contributed by atoms with Gasteiger partial charge in [-0.05, 0) is 154 Å². The van der Waals surface area contributed by atoms with E-state index < -0.39 is 52.1 Å². The van der Waals surface area contributed by atoms with E-state index >= 15 is 0 Å². The minimum Gasteiger partial charge on any atom is -0.465 e. The maximum Gasteiger partial charge on any atom is 0.325 e. The van der Waals surface area contributed by atoms with Gasteiger partial charge in [0.05, 0.1) is 39.6 Å². The molecule has 12 heteroatoms. The Morgan fingerprint density at radius 3 is 1.39 bits per heavy atom. The lowest BCUT2D eigenvalue weighted by molar-refractivity contribution is -0.173. The second-order valence-electron chi connectivity index (χ2n) is 21.3. The fourth-order valence-corrected chi connectivity index (χ4v) is 10.7. The van der Waals surface area contributed by atoms with E-state index in [1.54, 1.807) is 41.5 Å². The lowest BCUT2D eigenvalue weighted by Crippen LogP contribution is -2.43. The van der Waals surface area contributed by atoms with Crippen molar-refractivity contribution in [2.75, 3.05) is 39.6 Å². The molecule has 0 atom stereocenters. The molecule has 0 radical (unpaired) electrons. The summed E-state index contributed by atoms with van der Waals surface area (Å²) in [6, 6.07) is 38.3. The number of carbonyl (C=O) groups is 6. The molecule has 0 spiro atoms. The van der Waals surface area contributed by atoms with Gasteiger partial charge in [-0.15, -0.1) is 24.7 Å². The number of ether oxygens (including phenoxy) is 6. The zero-order valence-electron chi connectivity index (χ0n) is 52.9. The Balaban J connectivity index is 0.000000268. The van der Waals surface area contributed by atoms with Crippen molar-refractivity contribution >= 4 is 35.8 Å². The molecule has 462 valence electrons. The Bertz CT molecular complexity index is 3080. The molecule has 0 aliphatic heterocycles. The summed E-state index contributed by atoms with van der Waals surface area (Å²) in [6.45, 7) is 18.1. The molecule has 7 rings (SSSR count). The van der Waals surface area contributed by atoms with E-state index in [0.717, 1.165) is 95.0 Å². The summed E-state index contributed by atoms with van der Waals surface area (Å²) >= 11 is 0. The van der Waals surface area contributed by atoms with Gasteiger partial charge >= 0.3 is 35.8 Å². The molecule has 87 heavy (non-hydrogen) atoms. The van der Waals surface area contributed by atoms with Gasteiger partial charge in [0.15, 0.2) is 16.2 Å². The molecular formula is C75H90O12. The third kappa shape index (κ3) is 19.0. The number of unbranched alkanes of at least 4 members (excludes halogenated alkanes) is 4. The predicted molar refractivity (Wildman–Crippen MR) is 343 cm³/mol. The molecule has 12 nitrogen and oxygen atoms in total. The Labute approximate surface area is 518 Å². The second kappa shape index (κ2) is 37.2. The summed E-state index contributed by atoms with van der Waals surface area (Å²) in [5, 5.41) is 0. The van der Waals surface area contributed by atoms with Gasteiger partial charge in [-0.3, -0.25) is 28.8 Å². The lowest BCUT2D eigenvalue weighted by Gasteiger charge is -2.25. The molecule has 0 saturated carbocycles. The maximum atomic E-state index is 12.9. The Morgan fingerprint density at radius 1 is 0.471 bits per heavy atom. The first-order valence-corrected chi connectivity index (χ1v) is 31.0. The summed E-state index contributed by atoms with van der Waals surface area (Å²) in [5.74, 6) is 7.39. The number of carbonyl (C=O) groups excluding carboxylic acids is 6. The van der Waals surface area contributed by atoms with Gasteiger partial charge in [-0.2, -0.15) is 0 Å². The van der Waals surface area contributed by atoms with Crippen LogP contribution in [0.4, 0.5) is 0 Å². The molecule has 0 amide bonds. The molecule has 0 fully saturated rings. The molecule has 0 heterocycles. The van der Waals surface area contributed by atoms with Crippen LogP contribution in [-0.4, -0.2) is 75.5 Å². The molecule has 2 aliphatic carbocycles. The smallest absolute Gasteiger partial charge is 0.325 e. The summed E-state index contributed by atoms with van der Waals surface area (Å²) in [6.07, 6.45) is 21.2. The minimum absolute atomic E-state index is 0.0518. The van der Waals surface area contributed by atoms with Crippen LogP contribution >= 0.6 is 0 Å². The van der Waals surface area contributed by atoms with Crippen molar-refractivity contribution < 1.29 is 57.2 Å². The first kappa shape index (κ1) is 71.1. The highest BCUT2D eigenvalue weighted by Gasteiger charge is 2.55. The van der Waals surface area contributed by atoms with E-state index in [9.17, 15) is 28.8 Å². The summed E-state index contributed by atoms with van der Waals surface area (Å²) in [4.78, 5) is 76.4. The van der Waals surface area contributed by atoms with E-state index in [1.807, 2.05) is 66.7 Å². The Hall–Kier alpha value is -8.40. The quantitative estimate of drug-likeness (QED) is 0.0190. The zero-order chi connectivity index (χ0) is 63.7. The monoisotopic (exact) mass is 1180 g/mol. The average Bonchev–Trinajstić information content (AvgIpc) is 1.64. The van der Waals surface area contributed by atoms with Crippen LogP contribution in [0.15, 0.2) is 115 Å². The lowest BCUT2D eigenvalue weighted by atomic mass is 9.81. The van der Waals surface area contributed by atoms with E-state index in [1.165, 1.54) is 24.0 Å². The van der Waals surface area contributed by atoms with E-state index in [-0.39, 0.29) is 52.5 Å². The van der Waals surface area contributed by atoms with Crippen LogP contribution in [0.3, 0.4) is 0 Å². The van der Waals surface area contributed by atoms with Crippen LogP contribution in [0.25, 0.3) is 22.3 Å².